The number of rotatable bonds is 12. The molecule has 1 saturated heterocycles. The number of halogens is 2. The number of alkyl halides is 2. The molecule has 1 aliphatic rings. The third kappa shape index (κ3) is 7.66. The monoisotopic (exact) mass is 606 g/mol. The van der Waals surface area contributed by atoms with Gasteiger partial charge in [-0.3, -0.25) is 24.0 Å². The summed E-state index contributed by atoms with van der Waals surface area (Å²) in [5, 5.41) is 23.6. The maximum absolute atomic E-state index is 14.9. The van der Waals surface area contributed by atoms with Crippen LogP contribution >= 0.6 is 7.75 Å². The predicted molar refractivity (Wildman–Crippen MR) is 136 cm³/mol. The summed E-state index contributed by atoms with van der Waals surface area (Å²) in [4.78, 5) is 41.5. The lowest BCUT2D eigenvalue weighted by molar-refractivity contribution is -0.384. The fraction of sp³-hybridized carbons (Fsp3) is 0.545. The average molecular weight is 606 g/mol. The Balaban J connectivity index is 1.82. The summed E-state index contributed by atoms with van der Waals surface area (Å²) in [7, 11) is -4.58. The van der Waals surface area contributed by atoms with E-state index in [0.29, 0.717) is 16.5 Å². The minimum absolute atomic E-state index is 0.211. The van der Waals surface area contributed by atoms with E-state index in [1.807, 2.05) is 0 Å². The Morgan fingerprint density at radius 3 is 2.51 bits per heavy atom. The molecule has 0 saturated carbocycles. The zero-order valence-corrected chi connectivity index (χ0v) is 23.1. The third-order valence-corrected chi connectivity index (χ3v) is 7.50. The van der Waals surface area contributed by atoms with Crippen molar-refractivity contribution in [2.45, 2.75) is 70.3 Å². The van der Waals surface area contributed by atoms with Crippen LogP contribution in [0.4, 0.5) is 20.4 Å². The molecule has 3 rings (SSSR count). The molecule has 6 atom stereocenters. The zero-order chi connectivity index (χ0) is 30.7. The Hall–Kier alpha value is -3.41. The molecular formula is C22H29F2N6O10P. The number of benzene rings is 1. The number of aliphatic hydroxyl groups is 1. The van der Waals surface area contributed by atoms with Gasteiger partial charge >= 0.3 is 25.3 Å². The van der Waals surface area contributed by atoms with Gasteiger partial charge in [-0.1, -0.05) is 0 Å². The van der Waals surface area contributed by atoms with Gasteiger partial charge in [0.2, 0.25) is 12.2 Å². The van der Waals surface area contributed by atoms with E-state index in [0.717, 1.165) is 0 Å². The fourth-order valence-electron chi connectivity index (χ4n) is 3.65. The molecule has 1 aliphatic heterocycles. The zero-order valence-electron chi connectivity index (χ0n) is 22.2. The van der Waals surface area contributed by atoms with Gasteiger partial charge in [0.1, 0.15) is 18.5 Å². The summed E-state index contributed by atoms with van der Waals surface area (Å²) >= 11 is 0. The van der Waals surface area contributed by atoms with Crippen LogP contribution in [-0.2, 0) is 27.9 Å². The number of hydrogen-bond donors (Lipinski definition) is 3. The van der Waals surface area contributed by atoms with Crippen LogP contribution in [0.25, 0.3) is 0 Å². The SMILES string of the molecule is CC(C)OC(=O)[C@H](C)NP(=O)(OCC1O[C@@H](n2cnc(N)nc2=O)C(F)(F)[C@H]1O)OC(C)c1ccc([N+](=O)[O-])cc1. The minimum Gasteiger partial charge on any atom is -0.462 e. The standard InChI is InChI=1S/C22H29F2N6O10P/c1-11(2)38-18(32)12(3)28-41(36,40-13(4)14-5-7-15(8-6-14)30(34)35)37-9-16-17(31)22(23,24)19(39-16)29-10-26-20(25)27-21(29)33/h5-8,10-13,16-17,19,31H,9H2,1-4H3,(H,28,36)(H2,25,27,33)/t12-,13?,16?,17-,19+,41?/m0/s1. The Labute approximate surface area is 231 Å². The largest absolute Gasteiger partial charge is 0.462 e. The van der Waals surface area contributed by atoms with Crippen LogP contribution in [0, 0.1) is 10.1 Å². The molecule has 4 N–H and O–H groups in total. The maximum atomic E-state index is 14.9. The van der Waals surface area contributed by atoms with E-state index >= 15 is 0 Å². The van der Waals surface area contributed by atoms with E-state index in [2.05, 4.69) is 15.1 Å². The van der Waals surface area contributed by atoms with E-state index < -0.39 is 79.5 Å². The van der Waals surface area contributed by atoms with Gasteiger partial charge in [-0.15, -0.1) is 0 Å². The van der Waals surface area contributed by atoms with Gasteiger partial charge < -0.3 is 20.3 Å². The smallest absolute Gasteiger partial charge is 0.406 e. The second-order valence-electron chi connectivity index (χ2n) is 9.28. The highest BCUT2D eigenvalue weighted by Crippen LogP contribution is 2.50. The molecule has 19 heteroatoms. The van der Waals surface area contributed by atoms with Crippen molar-refractivity contribution in [2.24, 2.45) is 0 Å². The van der Waals surface area contributed by atoms with Crippen molar-refractivity contribution in [3.63, 3.8) is 0 Å². The molecule has 0 amide bonds. The van der Waals surface area contributed by atoms with Crippen LogP contribution in [0.15, 0.2) is 35.4 Å². The van der Waals surface area contributed by atoms with Crippen molar-refractivity contribution >= 4 is 25.4 Å². The molecule has 0 bridgehead atoms. The number of esters is 1. The summed E-state index contributed by atoms with van der Waals surface area (Å²) in [6, 6.07) is 3.77. The first-order chi connectivity index (χ1) is 19.0. The van der Waals surface area contributed by atoms with Crippen LogP contribution in [-0.4, -0.2) is 67.4 Å². The summed E-state index contributed by atoms with van der Waals surface area (Å²) in [6.45, 7) is 4.93. The lowest BCUT2D eigenvalue weighted by Crippen LogP contribution is -2.42. The molecule has 2 aromatic rings. The maximum Gasteiger partial charge on any atom is 0.406 e. The van der Waals surface area contributed by atoms with E-state index in [4.69, 9.17) is 24.3 Å². The van der Waals surface area contributed by atoms with Crippen LogP contribution in [0.5, 0.6) is 0 Å². The average Bonchev–Trinajstić information content (AvgIpc) is 3.10. The Morgan fingerprint density at radius 1 is 1.32 bits per heavy atom. The van der Waals surface area contributed by atoms with Crippen molar-refractivity contribution in [1.82, 2.24) is 19.6 Å². The van der Waals surface area contributed by atoms with Gasteiger partial charge in [0.25, 0.3) is 5.69 Å². The number of nitro groups is 1. The van der Waals surface area contributed by atoms with Gasteiger partial charge in [-0.25, -0.2) is 24.0 Å². The summed E-state index contributed by atoms with van der Waals surface area (Å²) in [5.41, 5.74) is 4.18. The predicted octanol–water partition coefficient (Wildman–Crippen LogP) is 1.85. The van der Waals surface area contributed by atoms with Crippen molar-refractivity contribution in [3.05, 3.63) is 56.8 Å². The van der Waals surface area contributed by atoms with Crippen LogP contribution in [0.2, 0.25) is 0 Å². The van der Waals surface area contributed by atoms with Crippen molar-refractivity contribution in [2.75, 3.05) is 12.3 Å². The molecule has 2 heterocycles. The minimum atomic E-state index is -4.58. The highest BCUT2D eigenvalue weighted by molar-refractivity contribution is 7.51. The van der Waals surface area contributed by atoms with Crippen molar-refractivity contribution in [1.29, 1.82) is 0 Å². The van der Waals surface area contributed by atoms with Crippen molar-refractivity contribution < 1.29 is 46.7 Å². The second-order valence-corrected chi connectivity index (χ2v) is 11.0. The molecule has 0 spiro atoms. The van der Waals surface area contributed by atoms with Crippen molar-refractivity contribution in [3.8, 4) is 0 Å². The van der Waals surface area contributed by atoms with Crippen LogP contribution < -0.4 is 16.5 Å². The second kappa shape index (κ2) is 12.6. The number of nitrogens with one attached hydrogen (secondary N) is 1. The number of aromatic nitrogens is 3. The topological polar surface area (TPSA) is 220 Å². The first-order valence-electron chi connectivity index (χ1n) is 12.1. The molecule has 0 radical (unpaired) electrons. The first kappa shape index (κ1) is 32.1. The Kier molecular flexibility index (Phi) is 9.89. The van der Waals surface area contributed by atoms with Gasteiger partial charge in [-0.2, -0.15) is 13.8 Å². The first-order valence-corrected chi connectivity index (χ1v) is 13.7. The highest BCUT2D eigenvalue weighted by atomic mass is 31.2. The van der Waals surface area contributed by atoms with Gasteiger partial charge in [0, 0.05) is 12.1 Å². The lowest BCUT2D eigenvalue weighted by Gasteiger charge is -2.27. The molecule has 226 valence electrons. The summed E-state index contributed by atoms with van der Waals surface area (Å²) < 4.78 is 65.0. The van der Waals surface area contributed by atoms with E-state index in [1.54, 1.807) is 13.8 Å². The third-order valence-electron chi connectivity index (χ3n) is 5.71. The Bertz CT molecular complexity index is 1360. The van der Waals surface area contributed by atoms with E-state index in [-0.39, 0.29) is 5.69 Å². The number of nitrogen functional groups attached to an aromatic ring is 1. The number of hydrogen-bond acceptors (Lipinski definition) is 13. The number of ether oxygens (including phenoxy) is 2. The van der Waals surface area contributed by atoms with Crippen LogP contribution in [0.1, 0.15) is 45.6 Å². The number of nitrogens with zero attached hydrogens (tertiary/aromatic N) is 4. The quantitative estimate of drug-likeness (QED) is 0.136. The van der Waals surface area contributed by atoms with E-state index in [1.165, 1.54) is 38.1 Å². The molecule has 41 heavy (non-hydrogen) atoms. The van der Waals surface area contributed by atoms with Gasteiger partial charge in [0.15, 0.2) is 6.10 Å². The Morgan fingerprint density at radius 2 is 1.95 bits per heavy atom. The van der Waals surface area contributed by atoms with Gasteiger partial charge in [-0.05, 0) is 45.4 Å². The highest BCUT2D eigenvalue weighted by Gasteiger charge is 2.60. The van der Waals surface area contributed by atoms with Gasteiger partial charge in [0.05, 0.1) is 23.7 Å². The lowest BCUT2D eigenvalue weighted by atomic mass is 10.1. The molecule has 1 fully saturated rings. The molecular weight excluding hydrogens is 577 g/mol. The van der Waals surface area contributed by atoms with Crippen LogP contribution in [0.3, 0.4) is 0 Å². The molecule has 1 aromatic carbocycles. The molecule has 0 aliphatic carbocycles. The van der Waals surface area contributed by atoms with E-state index in [9.17, 15) is 38.2 Å². The normalized spacial score (nSPS) is 23.1. The number of nitro benzene ring substituents is 1. The number of non-ortho nitro benzene ring substituents is 1. The fourth-order valence-corrected chi connectivity index (χ4v) is 5.31. The molecule has 3 unspecified atom stereocenters. The number of carbonyl (C=O) groups excluding carboxylic acids is 1. The molecule has 1 aromatic heterocycles. The number of carbonyl (C=O) groups is 1. The number of aliphatic hydroxyl groups excluding tert-OH is 1. The number of nitrogens with two attached hydrogens (primary N) is 1. The number of anilines is 1. The summed E-state index contributed by atoms with van der Waals surface area (Å²) in [6.07, 6.45) is -7.65. The molecule has 16 nitrogen and oxygen atoms in total. The summed E-state index contributed by atoms with van der Waals surface area (Å²) in [5.74, 6) is -5.35.